The van der Waals surface area contributed by atoms with Crippen molar-refractivity contribution in [3.63, 3.8) is 0 Å². The first-order valence-electron chi connectivity index (χ1n) is 8.36. The summed E-state index contributed by atoms with van der Waals surface area (Å²) >= 11 is 1.69. The van der Waals surface area contributed by atoms with Crippen LogP contribution in [0.15, 0.2) is 47.4 Å². The third kappa shape index (κ3) is 6.14. The molecule has 0 saturated carbocycles. The number of nitrogens with one attached hydrogen (secondary N) is 1. The van der Waals surface area contributed by atoms with E-state index in [1.807, 2.05) is 11.4 Å². The summed E-state index contributed by atoms with van der Waals surface area (Å²) in [6, 6.07) is 12.3. The highest BCUT2D eigenvalue weighted by Crippen LogP contribution is 2.27. The maximum Gasteiger partial charge on any atom is 0.338 e. The number of benzene rings is 2. The Morgan fingerprint density at radius 1 is 1.15 bits per heavy atom. The van der Waals surface area contributed by atoms with Gasteiger partial charge in [-0.1, -0.05) is 29.8 Å². The predicted molar refractivity (Wildman–Crippen MR) is 105 cm³/mol. The Bertz CT molecular complexity index is 867. The number of carbonyl (C=O) groups is 3. The van der Waals surface area contributed by atoms with Gasteiger partial charge in [-0.15, -0.1) is 11.8 Å². The molecule has 27 heavy (non-hydrogen) atoms. The molecule has 2 aromatic carbocycles. The fourth-order valence-electron chi connectivity index (χ4n) is 2.42. The second-order valence-electron chi connectivity index (χ2n) is 6.16. The van der Waals surface area contributed by atoms with Crippen molar-refractivity contribution in [1.82, 2.24) is 5.32 Å². The number of ether oxygens (including phenoxy) is 1. The first-order chi connectivity index (χ1) is 12.8. The van der Waals surface area contributed by atoms with E-state index in [0.29, 0.717) is 11.3 Å². The summed E-state index contributed by atoms with van der Waals surface area (Å²) in [7, 11) is 0. The molecule has 0 radical (unpaired) electrons. The Kier molecular flexibility index (Phi) is 7.01. The van der Waals surface area contributed by atoms with Gasteiger partial charge in [0.2, 0.25) is 0 Å². The normalized spacial score (nSPS) is 11.5. The zero-order valence-corrected chi connectivity index (χ0v) is 16.3. The number of imide groups is 1. The van der Waals surface area contributed by atoms with Crippen LogP contribution in [0.4, 0.5) is 4.79 Å². The van der Waals surface area contributed by atoms with E-state index in [1.165, 1.54) is 22.9 Å². The molecule has 0 saturated heterocycles. The number of hydrogen-bond donors (Lipinski definition) is 2. The van der Waals surface area contributed by atoms with Crippen molar-refractivity contribution < 1.29 is 19.1 Å². The Hall–Kier alpha value is -2.80. The molecule has 6 nitrogen and oxygen atoms in total. The van der Waals surface area contributed by atoms with Crippen molar-refractivity contribution in [1.29, 1.82) is 0 Å². The van der Waals surface area contributed by atoms with E-state index in [0.717, 1.165) is 5.56 Å². The van der Waals surface area contributed by atoms with Gasteiger partial charge in [0.15, 0.2) is 6.10 Å². The Balaban J connectivity index is 2.00. The van der Waals surface area contributed by atoms with Crippen molar-refractivity contribution in [2.45, 2.75) is 37.5 Å². The smallest absolute Gasteiger partial charge is 0.338 e. The van der Waals surface area contributed by atoms with E-state index in [-0.39, 0.29) is 0 Å². The number of thioether (sulfide) groups is 1. The number of rotatable bonds is 6. The average Bonchev–Trinajstić information content (AvgIpc) is 2.60. The van der Waals surface area contributed by atoms with Gasteiger partial charge in [0.05, 0.1) is 5.56 Å². The molecule has 0 aliphatic rings. The van der Waals surface area contributed by atoms with Crippen LogP contribution in [0.2, 0.25) is 0 Å². The molecule has 1 atom stereocenters. The van der Waals surface area contributed by atoms with Crippen molar-refractivity contribution in [3.05, 3.63) is 64.7 Å². The molecule has 0 heterocycles. The second kappa shape index (κ2) is 9.23. The summed E-state index contributed by atoms with van der Waals surface area (Å²) in [6.07, 6.45) is -1.13. The van der Waals surface area contributed by atoms with Crippen molar-refractivity contribution >= 4 is 29.7 Å². The largest absolute Gasteiger partial charge is 0.449 e. The van der Waals surface area contributed by atoms with Crippen LogP contribution in [0.5, 0.6) is 0 Å². The van der Waals surface area contributed by atoms with Crippen LogP contribution in [-0.4, -0.2) is 24.0 Å². The molecular weight excluding hydrogens is 364 g/mol. The fourth-order valence-corrected chi connectivity index (χ4v) is 3.37. The molecule has 0 aliphatic carbocycles. The minimum Gasteiger partial charge on any atom is -0.449 e. The highest BCUT2D eigenvalue weighted by Gasteiger charge is 2.20. The monoisotopic (exact) mass is 386 g/mol. The molecule has 0 aromatic heterocycles. The number of nitrogens with two attached hydrogens (primary N) is 1. The van der Waals surface area contributed by atoms with Gasteiger partial charge >= 0.3 is 12.0 Å². The highest BCUT2D eigenvalue weighted by molar-refractivity contribution is 7.98. The summed E-state index contributed by atoms with van der Waals surface area (Å²) in [5.74, 6) is -0.708. The molecule has 0 spiro atoms. The van der Waals surface area contributed by atoms with Crippen LogP contribution in [0, 0.1) is 13.8 Å². The van der Waals surface area contributed by atoms with E-state index >= 15 is 0 Å². The van der Waals surface area contributed by atoms with Crippen LogP contribution in [0.3, 0.4) is 0 Å². The fraction of sp³-hybridized carbons (Fsp3) is 0.250. The van der Waals surface area contributed by atoms with Gasteiger partial charge < -0.3 is 10.5 Å². The predicted octanol–water partition coefficient (Wildman–Crippen LogP) is 3.34. The molecule has 7 heteroatoms. The van der Waals surface area contributed by atoms with Crippen LogP contribution in [-0.2, 0) is 15.3 Å². The minimum atomic E-state index is -1.13. The van der Waals surface area contributed by atoms with Gasteiger partial charge in [0.1, 0.15) is 0 Å². The lowest BCUT2D eigenvalue weighted by molar-refractivity contribution is -0.127. The minimum absolute atomic E-state index is 0.340. The Labute approximate surface area is 162 Å². The maximum absolute atomic E-state index is 12.2. The number of carbonyl (C=O) groups excluding carboxylic acids is 3. The summed E-state index contributed by atoms with van der Waals surface area (Å²) in [4.78, 5) is 35.7. The number of amides is 3. The third-order valence-electron chi connectivity index (χ3n) is 3.79. The van der Waals surface area contributed by atoms with Crippen LogP contribution in [0.1, 0.15) is 34.0 Å². The molecule has 2 aromatic rings. The van der Waals surface area contributed by atoms with Gasteiger partial charge in [-0.2, -0.15) is 0 Å². The van der Waals surface area contributed by atoms with E-state index in [2.05, 4.69) is 32.0 Å². The summed E-state index contributed by atoms with van der Waals surface area (Å²) in [6.45, 7) is 5.50. The zero-order valence-electron chi connectivity index (χ0n) is 15.4. The Morgan fingerprint density at radius 3 is 2.56 bits per heavy atom. The number of primary amides is 1. The van der Waals surface area contributed by atoms with E-state index < -0.39 is 24.0 Å². The van der Waals surface area contributed by atoms with E-state index in [9.17, 15) is 14.4 Å². The van der Waals surface area contributed by atoms with Crippen LogP contribution < -0.4 is 11.1 Å². The van der Waals surface area contributed by atoms with Gasteiger partial charge in [-0.25, -0.2) is 9.59 Å². The molecule has 142 valence electrons. The molecule has 3 amide bonds. The zero-order chi connectivity index (χ0) is 20.0. The van der Waals surface area contributed by atoms with Crippen molar-refractivity contribution in [3.8, 4) is 0 Å². The first-order valence-corrected chi connectivity index (χ1v) is 9.35. The first kappa shape index (κ1) is 20.5. The van der Waals surface area contributed by atoms with Gasteiger partial charge in [-0.05, 0) is 50.1 Å². The molecule has 3 N–H and O–H groups in total. The maximum atomic E-state index is 12.2. The van der Waals surface area contributed by atoms with E-state index in [4.69, 9.17) is 10.5 Å². The second-order valence-corrected chi connectivity index (χ2v) is 7.18. The molecule has 0 bridgehead atoms. The molecule has 0 aliphatic heterocycles. The summed E-state index contributed by atoms with van der Waals surface area (Å²) in [5, 5.41) is 1.88. The van der Waals surface area contributed by atoms with E-state index in [1.54, 1.807) is 30.0 Å². The average molecular weight is 386 g/mol. The van der Waals surface area contributed by atoms with Crippen LogP contribution >= 0.6 is 11.8 Å². The number of hydrogen-bond acceptors (Lipinski definition) is 5. The molecular formula is C20H22N2O4S. The number of urea groups is 1. The molecule has 0 unspecified atom stereocenters. The van der Waals surface area contributed by atoms with Gasteiger partial charge in [-0.3, -0.25) is 10.1 Å². The third-order valence-corrected chi connectivity index (χ3v) is 5.03. The lowest BCUT2D eigenvalue weighted by atomic mass is 10.1. The Morgan fingerprint density at radius 2 is 1.89 bits per heavy atom. The lowest BCUT2D eigenvalue weighted by Crippen LogP contribution is -2.42. The topological polar surface area (TPSA) is 98.5 Å². The highest BCUT2D eigenvalue weighted by atomic mass is 32.2. The summed E-state index contributed by atoms with van der Waals surface area (Å²) < 4.78 is 5.08. The molecule has 0 fully saturated rings. The SMILES string of the molecule is Cc1ccc(SCc2cccc(C(=O)O[C@@H](C)C(=O)NC(N)=O)c2)c(C)c1. The summed E-state index contributed by atoms with van der Waals surface area (Å²) in [5.41, 5.74) is 8.61. The van der Waals surface area contributed by atoms with Crippen molar-refractivity contribution in [2.24, 2.45) is 5.73 Å². The quantitative estimate of drug-likeness (QED) is 0.586. The molecule has 2 rings (SSSR count). The van der Waals surface area contributed by atoms with Crippen molar-refractivity contribution in [2.75, 3.05) is 0 Å². The van der Waals surface area contributed by atoms with Gasteiger partial charge in [0, 0.05) is 10.6 Å². The lowest BCUT2D eigenvalue weighted by Gasteiger charge is -2.12. The number of esters is 1. The van der Waals surface area contributed by atoms with Gasteiger partial charge in [0.25, 0.3) is 5.91 Å². The van der Waals surface area contributed by atoms with Crippen LogP contribution in [0.25, 0.3) is 0 Å². The standard InChI is InChI=1S/C20H22N2O4S/c1-12-7-8-17(13(2)9-12)27-11-15-5-4-6-16(10-15)19(24)26-14(3)18(23)22-20(21)25/h4-10,14H,11H2,1-3H3,(H3,21,22,23,25)/t14-/m0/s1. The number of aryl methyl sites for hydroxylation is 2.